The van der Waals surface area contributed by atoms with E-state index in [9.17, 15) is 18.7 Å². The Morgan fingerprint density at radius 3 is 2.83 bits per heavy atom. The second-order valence-electron chi connectivity index (χ2n) is 5.41. The van der Waals surface area contributed by atoms with Crippen molar-refractivity contribution in [3.05, 3.63) is 23.8 Å². The standard InChI is InChI=1S/C16H21F2NO4/c1-2-22-14-9-11(6-7-13(14)23-16(17)18)10-19-8-4-3-5-12(19)15(20)21/h6-7,9,12,16H,2-5,8,10H2,1H3,(H,20,21). The van der Waals surface area contributed by atoms with Gasteiger partial charge in [-0.05, 0) is 44.0 Å². The van der Waals surface area contributed by atoms with Crippen molar-refractivity contribution in [1.29, 1.82) is 0 Å². The highest BCUT2D eigenvalue weighted by Gasteiger charge is 2.28. The zero-order chi connectivity index (χ0) is 16.8. The lowest BCUT2D eigenvalue weighted by molar-refractivity contribution is -0.144. The monoisotopic (exact) mass is 329 g/mol. The predicted octanol–water partition coefficient (Wildman–Crippen LogP) is 3.13. The van der Waals surface area contributed by atoms with E-state index in [1.54, 1.807) is 19.1 Å². The molecule has 1 aliphatic heterocycles. The summed E-state index contributed by atoms with van der Waals surface area (Å²) >= 11 is 0. The Balaban J connectivity index is 2.15. The largest absolute Gasteiger partial charge is 0.490 e. The summed E-state index contributed by atoms with van der Waals surface area (Å²) in [5.74, 6) is -0.597. The van der Waals surface area contributed by atoms with Gasteiger partial charge in [-0.3, -0.25) is 9.69 Å². The van der Waals surface area contributed by atoms with E-state index in [2.05, 4.69) is 4.74 Å². The van der Waals surface area contributed by atoms with E-state index in [0.29, 0.717) is 26.1 Å². The molecule has 2 rings (SSSR count). The molecule has 1 saturated heterocycles. The first-order valence-electron chi connectivity index (χ1n) is 7.68. The maximum Gasteiger partial charge on any atom is 0.387 e. The van der Waals surface area contributed by atoms with Gasteiger partial charge >= 0.3 is 12.6 Å². The number of carboxylic acid groups (broad SMARTS) is 1. The fraction of sp³-hybridized carbons (Fsp3) is 0.562. The molecule has 1 unspecified atom stereocenters. The molecule has 128 valence electrons. The molecule has 1 atom stereocenters. The Morgan fingerprint density at radius 1 is 1.39 bits per heavy atom. The molecule has 0 aromatic heterocycles. The van der Waals surface area contributed by atoms with Crippen LogP contribution < -0.4 is 9.47 Å². The Hall–Kier alpha value is -1.89. The van der Waals surface area contributed by atoms with E-state index >= 15 is 0 Å². The number of likely N-dealkylation sites (tertiary alicyclic amines) is 1. The van der Waals surface area contributed by atoms with E-state index in [-0.39, 0.29) is 11.5 Å². The van der Waals surface area contributed by atoms with E-state index in [0.717, 1.165) is 18.4 Å². The first kappa shape index (κ1) is 17.5. The summed E-state index contributed by atoms with van der Waals surface area (Å²) in [7, 11) is 0. The van der Waals surface area contributed by atoms with Gasteiger partial charge in [-0.1, -0.05) is 12.5 Å². The minimum atomic E-state index is -2.92. The van der Waals surface area contributed by atoms with E-state index < -0.39 is 18.6 Å². The maximum atomic E-state index is 12.4. The first-order chi connectivity index (χ1) is 11.0. The van der Waals surface area contributed by atoms with E-state index in [4.69, 9.17) is 4.74 Å². The van der Waals surface area contributed by atoms with Gasteiger partial charge < -0.3 is 14.6 Å². The summed E-state index contributed by atoms with van der Waals surface area (Å²) in [6.45, 7) is 0.301. The quantitative estimate of drug-likeness (QED) is 0.833. The molecule has 1 fully saturated rings. The Kier molecular flexibility index (Phi) is 6.15. The number of alkyl halides is 2. The molecule has 5 nitrogen and oxygen atoms in total. The maximum absolute atomic E-state index is 12.4. The number of hydrogen-bond donors (Lipinski definition) is 1. The number of nitrogens with zero attached hydrogens (tertiary/aromatic N) is 1. The van der Waals surface area contributed by atoms with Gasteiger partial charge in [0.05, 0.1) is 6.61 Å². The molecule has 1 heterocycles. The highest BCUT2D eigenvalue weighted by molar-refractivity contribution is 5.73. The molecule has 0 amide bonds. The molecule has 1 aliphatic rings. The number of aliphatic carboxylic acids is 1. The molecule has 7 heteroatoms. The van der Waals surface area contributed by atoms with Crippen molar-refractivity contribution in [2.75, 3.05) is 13.2 Å². The van der Waals surface area contributed by atoms with Crippen LogP contribution in [0.1, 0.15) is 31.7 Å². The van der Waals surface area contributed by atoms with Crippen LogP contribution in [0.5, 0.6) is 11.5 Å². The number of benzene rings is 1. The van der Waals surface area contributed by atoms with Crippen molar-refractivity contribution in [1.82, 2.24) is 4.90 Å². The number of ether oxygens (including phenoxy) is 2. The van der Waals surface area contributed by atoms with Crippen molar-refractivity contribution in [2.45, 2.75) is 45.4 Å². The predicted molar refractivity (Wildman–Crippen MR) is 79.9 cm³/mol. The Morgan fingerprint density at radius 2 is 2.17 bits per heavy atom. The van der Waals surface area contributed by atoms with Crippen LogP contribution in [0, 0.1) is 0 Å². The highest BCUT2D eigenvalue weighted by atomic mass is 19.3. The van der Waals surface area contributed by atoms with Gasteiger partial charge in [0.2, 0.25) is 0 Å². The number of halogens is 2. The molecular formula is C16H21F2NO4. The van der Waals surface area contributed by atoms with Crippen molar-refractivity contribution >= 4 is 5.97 Å². The summed E-state index contributed by atoms with van der Waals surface area (Å²) in [6, 6.07) is 4.23. The third-order valence-electron chi connectivity index (χ3n) is 3.81. The van der Waals surface area contributed by atoms with E-state index in [1.807, 2.05) is 4.90 Å². The Bertz CT molecular complexity index is 539. The molecule has 1 aromatic rings. The van der Waals surface area contributed by atoms with Crippen LogP contribution in [0.3, 0.4) is 0 Å². The topological polar surface area (TPSA) is 59.0 Å². The van der Waals surface area contributed by atoms with Gasteiger partial charge in [-0.25, -0.2) is 0 Å². The van der Waals surface area contributed by atoms with Crippen LogP contribution in [0.2, 0.25) is 0 Å². The first-order valence-corrected chi connectivity index (χ1v) is 7.68. The summed E-state index contributed by atoms with van der Waals surface area (Å²) in [5, 5.41) is 9.30. The zero-order valence-electron chi connectivity index (χ0n) is 13.0. The average molecular weight is 329 g/mol. The molecule has 0 spiro atoms. The number of rotatable bonds is 7. The van der Waals surface area contributed by atoms with Gasteiger partial charge in [0.25, 0.3) is 0 Å². The molecule has 1 aromatic carbocycles. The summed E-state index contributed by atoms with van der Waals surface area (Å²) in [6.07, 6.45) is 2.48. The van der Waals surface area contributed by atoms with Gasteiger partial charge in [0.1, 0.15) is 6.04 Å². The van der Waals surface area contributed by atoms with Gasteiger partial charge in [0.15, 0.2) is 11.5 Å². The smallest absolute Gasteiger partial charge is 0.387 e. The van der Waals surface area contributed by atoms with Crippen LogP contribution in [0.4, 0.5) is 8.78 Å². The minimum absolute atomic E-state index is 0.0148. The second-order valence-corrected chi connectivity index (χ2v) is 5.41. The second kappa shape index (κ2) is 8.10. The lowest BCUT2D eigenvalue weighted by Crippen LogP contribution is -2.43. The molecule has 0 bridgehead atoms. The number of piperidine rings is 1. The molecule has 0 aliphatic carbocycles. The Labute approximate surface area is 133 Å². The summed E-state index contributed by atoms with van der Waals surface area (Å²) in [4.78, 5) is 13.2. The normalized spacial score (nSPS) is 18.9. The summed E-state index contributed by atoms with van der Waals surface area (Å²) < 4.78 is 34.6. The lowest BCUT2D eigenvalue weighted by atomic mass is 10.0. The lowest BCUT2D eigenvalue weighted by Gasteiger charge is -2.33. The van der Waals surface area contributed by atoms with Crippen molar-refractivity contribution in [2.24, 2.45) is 0 Å². The van der Waals surface area contributed by atoms with Crippen molar-refractivity contribution in [3.8, 4) is 11.5 Å². The zero-order valence-corrected chi connectivity index (χ0v) is 13.0. The molecule has 23 heavy (non-hydrogen) atoms. The average Bonchev–Trinajstić information content (AvgIpc) is 2.50. The number of hydrogen-bond acceptors (Lipinski definition) is 4. The SMILES string of the molecule is CCOc1cc(CN2CCCCC2C(=O)O)ccc1OC(F)F. The van der Waals surface area contributed by atoms with Gasteiger partial charge in [0, 0.05) is 6.54 Å². The fourth-order valence-corrected chi connectivity index (χ4v) is 2.81. The number of carboxylic acids is 1. The summed E-state index contributed by atoms with van der Waals surface area (Å²) in [5.41, 5.74) is 0.809. The third kappa shape index (κ3) is 4.79. The fourth-order valence-electron chi connectivity index (χ4n) is 2.81. The van der Waals surface area contributed by atoms with Crippen LogP contribution >= 0.6 is 0 Å². The number of carbonyl (C=O) groups is 1. The molecule has 0 radical (unpaired) electrons. The third-order valence-corrected chi connectivity index (χ3v) is 3.81. The van der Waals surface area contributed by atoms with Crippen LogP contribution in [-0.4, -0.2) is 41.8 Å². The van der Waals surface area contributed by atoms with Gasteiger partial charge in [-0.2, -0.15) is 8.78 Å². The van der Waals surface area contributed by atoms with Crippen molar-refractivity contribution in [3.63, 3.8) is 0 Å². The molecule has 0 saturated carbocycles. The van der Waals surface area contributed by atoms with Gasteiger partial charge in [-0.15, -0.1) is 0 Å². The van der Waals surface area contributed by atoms with E-state index in [1.165, 1.54) is 6.07 Å². The highest BCUT2D eigenvalue weighted by Crippen LogP contribution is 2.31. The van der Waals surface area contributed by atoms with Crippen LogP contribution in [0.25, 0.3) is 0 Å². The van der Waals surface area contributed by atoms with Crippen molar-refractivity contribution < 1.29 is 28.2 Å². The molecular weight excluding hydrogens is 308 g/mol. The molecule has 1 N–H and O–H groups in total. The van der Waals surface area contributed by atoms with Crippen LogP contribution in [0.15, 0.2) is 18.2 Å². The van der Waals surface area contributed by atoms with Crippen LogP contribution in [-0.2, 0) is 11.3 Å². The minimum Gasteiger partial charge on any atom is -0.490 e.